The van der Waals surface area contributed by atoms with Crippen LogP contribution in [0.15, 0.2) is 34.7 Å². The van der Waals surface area contributed by atoms with Gasteiger partial charge in [-0.3, -0.25) is 0 Å². The van der Waals surface area contributed by atoms with Crippen molar-refractivity contribution in [1.29, 1.82) is 0 Å². The molecule has 1 aromatic carbocycles. The molecule has 1 N–H and O–H groups in total. The Balaban J connectivity index is 0.000000307. The Morgan fingerprint density at radius 1 is 1.04 bits per heavy atom. The molecule has 0 aliphatic rings. The molecule has 2 rings (SSSR count). The molecule has 2 aromatic rings. The van der Waals surface area contributed by atoms with Crippen molar-refractivity contribution in [3.8, 4) is 0 Å². The number of nitrogens with zero attached hydrogens (tertiary/aromatic N) is 1. The summed E-state index contributed by atoms with van der Waals surface area (Å²) in [4.78, 5) is 1.15. The van der Waals surface area contributed by atoms with Crippen LogP contribution in [-0.2, 0) is 23.1 Å². The van der Waals surface area contributed by atoms with E-state index < -0.39 is 10.1 Å². The molecule has 0 aliphatic carbocycles. The van der Waals surface area contributed by atoms with Gasteiger partial charge in [0.1, 0.15) is 16.7 Å². The number of aromatic nitrogens is 1. The minimum Gasteiger partial charge on any atom is -0.744 e. The van der Waals surface area contributed by atoms with E-state index in [9.17, 15) is 13.0 Å². The van der Waals surface area contributed by atoms with Crippen molar-refractivity contribution < 1.29 is 22.6 Å². The number of aliphatic hydroxyl groups is 1. The molecule has 0 radical (unpaired) electrons. The lowest BCUT2D eigenvalue weighted by molar-refractivity contribution is -0.698. The molecule has 0 saturated carbocycles. The predicted octanol–water partition coefficient (Wildman–Crippen LogP) is 4.14. The van der Waals surface area contributed by atoms with E-state index in [-0.39, 0.29) is 11.5 Å². The SMILES string of the molecule is CCCCCCCC[n+]1csc(CCO)c1C.Cc1ccc(S(=O)(=O)[O-])cc1. The Labute approximate surface area is 173 Å². The molecule has 0 aliphatic heterocycles. The zero-order chi connectivity index (χ0) is 21.0. The number of hydrogen-bond donors (Lipinski definition) is 1. The fourth-order valence-electron chi connectivity index (χ4n) is 2.78. The number of unbranched alkanes of at least 4 members (excludes halogenated alkanes) is 5. The van der Waals surface area contributed by atoms with Crippen LogP contribution >= 0.6 is 11.3 Å². The highest BCUT2D eigenvalue weighted by molar-refractivity contribution is 7.85. The van der Waals surface area contributed by atoms with E-state index in [1.54, 1.807) is 23.5 Å². The highest BCUT2D eigenvalue weighted by Crippen LogP contribution is 2.12. The molecular weight excluding hydrogens is 394 g/mol. The lowest BCUT2D eigenvalue weighted by Crippen LogP contribution is -2.34. The van der Waals surface area contributed by atoms with E-state index in [0.717, 1.165) is 18.5 Å². The molecule has 0 bridgehead atoms. The van der Waals surface area contributed by atoms with Crippen LogP contribution in [0.3, 0.4) is 0 Å². The molecular formula is C21H33NO4S2. The molecule has 1 heterocycles. The van der Waals surface area contributed by atoms with E-state index >= 15 is 0 Å². The largest absolute Gasteiger partial charge is 0.744 e. The zero-order valence-corrected chi connectivity index (χ0v) is 18.8. The first kappa shape index (κ1) is 24.8. The Morgan fingerprint density at radius 3 is 2.21 bits per heavy atom. The van der Waals surface area contributed by atoms with Gasteiger partial charge in [-0.25, -0.2) is 8.42 Å². The second-order valence-electron chi connectivity index (χ2n) is 6.93. The quantitative estimate of drug-likeness (QED) is 0.351. The van der Waals surface area contributed by atoms with E-state index in [1.165, 1.54) is 61.2 Å². The predicted molar refractivity (Wildman–Crippen MR) is 113 cm³/mol. The normalized spacial score (nSPS) is 11.2. The summed E-state index contributed by atoms with van der Waals surface area (Å²) in [5.41, 5.74) is 4.47. The first-order chi connectivity index (χ1) is 13.3. The van der Waals surface area contributed by atoms with E-state index in [0.29, 0.717) is 0 Å². The average Bonchev–Trinajstić information content (AvgIpc) is 2.99. The van der Waals surface area contributed by atoms with Crippen molar-refractivity contribution in [2.45, 2.75) is 77.2 Å². The second-order valence-corrected chi connectivity index (χ2v) is 9.25. The third-order valence-electron chi connectivity index (χ3n) is 4.56. The third-order valence-corrected chi connectivity index (χ3v) is 6.55. The maximum atomic E-state index is 10.4. The second kappa shape index (κ2) is 13.0. The number of rotatable bonds is 10. The Morgan fingerprint density at radius 2 is 1.64 bits per heavy atom. The lowest BCUT2D eigenvalue weighted by atomic mass is 10.1. The summed E-state index contributed by atoms with van der Waals surface area (Å²) >= 11 is 1.78. The van der Waals surface area contributed by atoms with Gasteiger partial charge in [0, 0.05) is 26.4 Å². The Kier molecular flexibility index (Phi) is 11.5. The minimum absolute atomic E-state index is 0.178. The van der Waals surface area contributed by atoms with Gasteiger partial charge >= 0.3 is 0 Å². The van der Waals surface area contributed by atoms with E-state index in [2.05, 4.69) is 23.9 Å². The topological polar surface area (TPSA) is 81.3 Å². The fourth-order valence-corrected chi connectivity index (χ4v) is 4.27. The van der Waals surface area contributed by atoms with Crippen LogP contribution in [0.2, 0.25) is 0 Å². The van der Waals surface area contributed by atoms with Gasteiger partial charge in [0.2, 0.25) is 5.51 Å². The van der Waals surface area contributed by atoms with Crippen molar-refractivity contribution in [1.82, 2.24) is 0 Å². The zero-order valence-electron chi connectivity index (χ0n) is 17.2. The van der Waals surface area contributed by atoms with Gasteiger partial charge in [0.15, 0.2) is 5.69 Å². The Hall–Kier alpha value is -1.28. The number of aliphatic hydroxyl groups excluding tert-OH is 1. The summed E-state index contributed by atoms with van der Waals surface area (Å²) in [6, 6.07) is 5.78. The maximum Gasteiger partial charge on any atom is 0.225 e. The van der Waals surface area contributed by atoms with Crippen LogP contribution in [0.4, 0.5) is 0 Å². The molecule has 0 saturated heterocycles. The third kappa shape index (κ3) is 9.28. The minimum atomic E-state index is -4.27. The summed E-state index contributed by atoms with van der Waals surface area (Å²) in [6.45, 7) is 7.64. The number of hydrogen-bond acceptors (Lipinski definition) is 5. The van der Waals surface area contributed by atoms with Gasteiger partial charge in [0.25, 0.3) is 0 Å². The lowest BCUT2D eigenvalue weighted by Gasteiger charge is -2.05. The fraction of sp³-hybridized carbons (Fsp3) is 0.571. The van der Waals surface area contributed by atoms with Crippen LogP contribution in [-0.4, -0.2) is 24.7 Å². The van der Waals surface area contributed by atoms with Gasteiger partial charge in [-0.05, 0) is 25.5 Å². The summed E-state index contributed by atoms with van der Waals surface area (Å²) in [6.07, 6.45) is 8.90. The Bertz CT molecular complexity index is 783. The highest BCUT2D eigenvalue weighted by atomic mass is 32.2. The van der Waals surface area contributed by atoms with Crippen LogP contribution in [0.5, 0.6) is 0 Å². The standard InChI is InChI=1S/C14H26NOS.C7H8O3S/c1-3-4-5-6-7-8-10-15-12-17-14(9-11-16)13(15)2;1-6-2-4-7(5-3-6)11(8,9)10/h12,16H,3-11H2,1-2H3;2-5H,1H3,(H,8,9,10)/q+1;/p-1. The molecule has 5 nitrogen and oxygen atoms in total. The summed E-state index contributed by atoms with van der Waals surface area (Å²) in [5, 5.41) is 8.95. The van der Waals surface area contributed by atoms with Crippen LogP contribution in [0, 0.1) is 13.8 Å². The molecule has 28 heavy (non-hydrogen) atoms. The number of benzene rings is 1. The molecule has 0 unspecified atom stereocenters. The van der Waals surface area contributed by atoms with Gasteiger partial charge < -0.3 is 9.66 Å². The van der Waals surface area contributed by atoms with Crippen molar-refractivity contribution >= 4 is 21.5 Å². The number of aryl methyl sites for hydroxylation is 2. The molecule has 0 atom stereocenters. The number of thiazole rings is 1. The molecule has 0 fully saturated rings. The van der Waals surface area contributed by atoms with Crippen molar-refractivity contribution in [3.63, 3.8) is 0 Å². The molecule has 158 valence electrons. The molecule has 7 heteroatoms. The van der Waals surface area contributed by atoms with Crippen molar-refractivity contribution in [3.05, 3.63) is 45.9 Å². The highest BCUT2D eigenvalue weighted by Gasteiger charge is 2.13. The maximum absolute atomic E-state index is 10.4. The van der Waals surface area contributed by atoms with Crippen LogP contribution < -0.4 is 4.57 Å². The summed E-state index contributed by atoms with van der Waals surface area (Å²) < 4.78 is 33.5. The monoisotopic (exact) mass is 427 g/mol. The summed E-state index contributed by atoms with van der Waals surface area (Å²) in [5.74, 6) is 0. The van der Waals surface area contributed by atoms with Gasteiger partial charge in [-0.15, -0.1) is 0 Å². The molecule has 1 aromatic heterocycles. The first-order valence-corrected chi connectivity index (χ1v) is 12.2. The van der Waals surface area contributed by atoms with Gasteiger partial charge in [0.05, 0.1) is 9.77 Å². The molecule has 0 amide bonds. The van der Waals surface area contributed by atoms with Gasteiger partial charge in [-0.2, -0.15) is 4.57 Å². The first-order valence-electron chi connectivity index (χ1n) is 9.89. The van der Waals surface area contributed by atoms with Crippen LogP contribution in [0.25, 0.3) is 0 Å². The van der Waals surface area contributed by atoms with Crippen LogP contribution in [0.1, 0.15) is 61.6 Å². The van der Waals surface area contributed by atoms with Crippen molar-refractivity contribution in [2.75, 3.05) is 6.61 Å². The smallest absolute Gasteiger partial charge is 0.225 e. The molecule has 0 spiro atoms. The average molecular weight is 428 g/mol. The van der Waals surface area contributed by atoms with Gasteiger partial charge in [-0.1, -0.05) is 61.6 Å². The summed E-state index contributed by atoms with van der Waals surface area (Å²) in [7, 11) is -4.27. The van der Waals surface area contributed by atoms with E-state index in [4.69, 9.17) is 5.11 Å². The van der Waals surface area contributed by atoms with E-state index in [1.807, 2.05) is 6.92 Å². The van der Waals surface area contributed by atoms with Crippen molar-refractivity contribution in [2.24, 2.45) is 0 Å².